The Hall–Kier alpha value is -4.53. The summed E-state index contributed by atoms with van der Waals surface area (Å²) < 4.78 is 2.06. The van der Waals surface area contributed by atoms with Crippen LogP contribution in [-0.4, -0.2) is 30.9 Å². The van der Waals surface area contributed by atoms with E-state index in [1.165, 1.54) is 0 Å². The number of fused-ring (bicyclic) bond motifs is 1. The van der Waals surface area contributed by atoms with Gasteiger partial charge < -0.3 is 0 Å². The molecule has 6 nitrogen and oxygen atoms in total. The standard InChI is InChI=1S/C31H22N4O2S2/c1-20-11-13-22(14-12-20)29(36)33-35-30(37)27(39-31(35)38)18-25-19-34(26-9-3-2-4-10-26)32-28(25)24-16-15-21-7-5-6-8-23(21)17-24/h2-19H,1H3,(H,33,36)/b27-18-. The van der Waals surface area contributed by atoms with Crippen LogP contribution in [-0.2, 0) is 4.79 Å². The minimum atomic E-state index is -0.402. The summed E-state index contributed by atoms with van der Waals surface area (Å²) in [6.07, 6.45) is 3.69. The van der Waals surface area contributed by atoms with Crippen molar-refractivity contribution in [3.8, 4) is 16.9 Å². The van der Waals surface area contributed by atoms with E-state index in [0.717, 1.165) is 55.6 Å². The van der Waals surface area contributed by atoms with Gasteiger partial charge in [0.2, 0.25) is 0 Å². The van der Waals surface area contributed by atoms with Crippen LogP contribution in [0.2, 0.25) is 0 Å². The van der Waals surface area contributed by atoms with Gasteiger partial charge in [-0.05, 0) is 66.3 Å². The lowest BCUT2D eigenvalue weighted by molar-refractivity contribution is -0.123. The number of hydrogen-bond donors (Lipinski definition) is 1. The molecule has 6 rings (SSSR count). The summed E-state index contributed by atoms with van der Waals surface area (Å²) in [5.41, 5.74) is 7.46. The molecule has 2 heterocycles. The molecule has 39 heavy (non-hydrogen) atoms. The van der Waals surface area contributed by atoms with Crippen molar-refractivity contribution in [1.29, 1.82) is 0 Å². The number of amides is 2. The molecule has 190 valence electrons. The first kappa shape index (κ1) is 24.8. The van der Waals surface area contributed by atoms with Crippen LogP contribution in [0.4, 0.5) is 0 Å². The molecule has 1 fully saturated rings. The summed E-state index contributed by atoms with van der Waals surface area (Å²) in [4.78, 5) is 26.5. The molecule has 1 aromatic heterocycles. The molecule has 2 amide bonds. The molecular formula is C31H22N4O2S2. The van der Waals surface area contributed by atoms with E-state index in [1.807, 2.05) is 73.8 Å². The highest BCUT2D eigenvalue weighted by atomic mass is 32.2. The van der Waals surface area contributed by atoms with Gasteiger partial charge in [-0.1, -0.05) is 84.1 Å². The third-order valence-electron chi connectivity index (χ3n) is 6.39. The lowest BCUT2D eigenvalue weighted by Crippen LogP contribution is -2.44. The van der Waals surface area contributed by atoms with Gasteiger partial charge in [0.1, 0.15) is 5.69 Å². The van der Waals surface area contributed by atoms with Gasteiger partial charge in [-0.2, -0.15) is 10.1 Å². The maximum Gasteiger partial charge on any atom is 0.285 e. The molecule has 1 N–H and O–H groups in total. The number of para-hydroxylation sites is 1. The molecule has 0 bridgehead atoms. The van der Waals surface area contributed by atoms with Crippen LogP contribution in [0.1, 0.15) is 21.5 Å². The van der Waals surface area contributed by atoms with Crippen molar-refractivity contribution in [1.82, 2.24) is 20.2 Å². The third-order valence-corrected chi connectivity index (χ3v) is 7.70. The number of rotatable bonds is 5. The molecule has 0 saturated carbocycles. The molecule has 0 spiro atoms. The summed E-state index contributed by atoms with van der Waals surface area (Å²) in [6, 6.07) is 31.3. The van der Waals surface area contributed by atoms with E-state index in [1.54, 1.807) is 22.9 Å². The first-order valence-electron chi connectivity index (χ1n) is 12.3. The average molecular weight is 547 g/mol. The fraction of sp³-hybridized carbons (Fsp3) is 0.0323. The van der Waals surface area contributed by atoms with Crippen molar-refractivity contribution < 1.29 is 9.59 Å². The van der Waals surface area contributed by atoms with Gasteiger partial charge in [0.05, 0.1) is 10.6 Å². The SMILES string of the molecule is Cc1ccc(C(=O)NN2C(=O)/C(=C/c3cn(-c4ccccc4)nc3-c3ccc4ccccc4c3)SC2=S)cc1. The van der Waals surface area contributed by atoms with Crippen LogP contribution in [0, 0.1) is 6.92 Å². The number of hydrogen-bond acceptors (Lipinski definition) is 5. The Bertz CT molecular complexity index is 1780. The number of nitrogens with one attached hydrogen (secondary N) is 1. The molecule has 1 aliphatic rings. The van der Waals surface area contributed by atoms with E-state index < -0.39 is 5.91 Å². The first-order chi connectivity index (χ1) is 19.0. The first-order valence-corrected chi connectivity index (χ1v) is 13.5. The van der Waals surface area contributed by atoms with Crippen molar-refractivity contribution in [2.24, 2.45) is 0 Å². The van der Waals surface area contributed by atoms with Crippen molar-refractivity contribution in [2.45, 2.75) is 6.92 Å². The zero-order valence-corrected chi connectivity index (χ0v) is 22.5. The predicted molar refractivity (Wildman–Crippen MR) is 160 cm³/mol. The number of aromatic nitrogens is 2. The fourth-order valence-corrected chi connectivity index (χ4v) is 5.51. The van der Waals surface area contributed by atoms with Crippen molar-refractivity contribution in [3.63, 3.8) is 0 Å². The number of thiocarbonyl (C=S) groups is 1. The van der Waals surface area contributed by atoms with E-state index in [0.29, 0.717) is 10.5 Å². The normalized spacial score (nSPS) is 14.4. The Morgan fingerprint density at radius 3 is 2.41 bits per heavy atom. The third kappa shape index (κ3) is 4.99. The molecule has 1 saturated heterocycles. The Morgan fingerprint density at radius 1 is 0.923 bits per heavy atom. The van der Waals surface area contributed by atoms with E-state index in [2.05, 4.69) is 29.7 Å². The average Bonchev–Trinajstić information content (AvgIpc) is 3.50. The zero-order chi connectivity index (χ0) is 26.9. The van der Waals surface area contributed by atoms with Gasteiger partial charge in [0.25, 0.3) is 11.8 Å². The smallest absolute Gasteiger partial charge is 0.267 e. The largest absolute Gasteiger partial charge is 0.285 e. The Morgan fingerprint density at radius 2 is 1.64 bits per heavy atom. The molecule has 0 unspecified atom stereocenters. The van der Waals surface area contributed by atoms with Crippen molar-refractivity contribution in [2.75, 3.05) is 0 Å². The zero-order valence-electron chi connectivity index (χ0n) is 20.9. The number of aryl methyl sites for hydroxylation is 1. The van der Waals surface area contributed by atoms with E-state index in [4.69, 9.17) is 17.3 Å². The van der Waals surface area contributed by atoms with Crippen LogP contribution < -0.4 is 5.43 Å². The minimum Gasteiger partial charge on any atom is -0.267 e. The Balaban J connectivity index is 1.36. The van der Waals surface area contributed by atoms with Gasteiger partial charge in [-0.25, -0.2) is 4.68 Å². The number of benzene rings is 4. The molecule has 0 radical (unpaired) electrons. The number of carbonyl (C=O) groups excluding carboxylic acids is 2. The number of carbonyl (C=O) groups is 2. The van der Waals surface area contributed by atoms with Gasteiger partial charge >= 0.3 is 0 Å². The molecule has 5 aromatic rings. The quantitative estimate of drug-likeness (QED) is 0.200. The maximum atomic E-state index is 13.3. The van der Waals surface area contributed by atoms with Gasteiger partial charge in [0.15, 0.2) is 4.32 Å². The molecule has 4 aromatic carbocycles. The van der Waals surface area contributed by atoms with Crippen LogP contribution in [0.15, 0.2) is 108 Å². The van der Waals surface area contributed by atoms with E-state index in [-0.39, 0.29) is 10.2 Å². The number of nitrogens with zero attached hydrogens (tertiary/aromatic N) is 3. The van der Waals surface area contributed by atoms with E-state index >= 15 is 0 Å². The highest BCUT2D eigenvalue weighted by molar-refractivity contribution is 8.26. The molecule has 0 atom stereocenters. The van der Waals surface area contributed by atoms with Crippen molar-refractivity contribution in [3.05, 3.63) is 125 Å². The van der Waals surface area contributed by atoms with Crippen molar-refractivity contribution >= 4 is 57.0 Å². The second kappa shape index (κ2) is 10.3. The van der Waals surface area contributed by atoms with Gasteiger partial charge in [-0.3, -0.25) is 15.0 Å². The fourth-order valence-electron chi connectivity index (χ4n) is 4.34. The monoisotopic (exact) mass is 546 g/mol. The number of thioether (sulfide) groups is 1. The second-order valence-corrected chi connectivity index (χ2v) is 10.8. The maximum absolute atomic E-state index is 13.3. The summed E-state index contributed by atoms with van der Waals surface area (Å²) >= 11 is 6.60. The predicted octanol–water partition coefficient (Wildman–Crippen LogP) is 6.55. The lowest BCUT2D eigenvalue weighted by Gasteiger charge is -2.15. The summed E-state index contributed by atoms with van der Waals surface area (Å²) in [6.45, 7) is 1.95. The van der Waals surface area contributed by atoms with Crippen LogP contribution in [0.5, 0.6) is 0 Å². The highest BCUT2D eigenvalue weighted by Gasteiger charge is 2.34. The second-order valence-electron chi connectivity index (χ2n) is 9.10. The molecule has 1 aliphatic heterocycles. The number of hydrazine groups is 1. The topological polar surface area (TPSA) is 67.2 Å². The Kier molecular flexibility index (Phi) is 6.56. The molecular weight excluding hydrogens is 525 g/mol. The summed E-state index contributed by atoms with van der Waals surface area (Å²) in [5, 5.41) is 8.26. The van der Waals surface area contributed by atoms with Crippen LogP contribution in [0.25, 0.3) is 33.8 Å². The van der Waals surface area contributed by atoms with Crippen LogP contribution >= 0.6 is 24.0 Å². The minimum absolute atomic E-state index is 0.259. The van der Waals surface area contributed by atoms with E-state index in [9.17, 15) is 9.59 Å². The van der Waals surface area contributed by atoms with Gasteiger partial charge in [0, 0.05) is 22.9 Å². The lowest BCUT2D eigenvalue weighted by atomic mass is 10.0. The summed E-state index contributed by atoms with van der Waals surface area (Å²) in [5.74, 6) is -0.788. The molecule has 8 heteroatoms. The summed E-state index contributed by atoms with van der Waals surface area (Å²) in [7, 11) is 0. The highest BCUT2D eigenvalue weighted by Crippen LogP contribution is 2.35. The Labute approximate surface area is 234 Å². The molecule has 0 aliphatic carbocycles. The van der Waals surface area contributed by atoms with Gasteiger partial charge in [-0.15, -0.1) is 0 Å². The van der Waals surface area contributed by atoms with Crippen LogP contribution in [0.3, 0.4) is 0 Å².